The van der Waals surface area contributed by atoms with Crippen LogP contribution in [0.4, 0.5) is 0 Å². The van der Waals surface area contributed by atoms with Gasteiger partial charge in [0.25, 0.3) is 0 Å². The molecule has 0 N–H and O–H groups in total. The van der Waals surface area contributed by atoms with Crippen molar-refractivity contribution in [1.82, 2.24) is 24.5 Å². The smallest absolute Gasteiger partial charge is 0.0192 e. The molecule has 5 heteroatoms. The predicted octanol–water partition coefficient (Wildman–Crippen LogP) is 1.85. The summed E-state index contributed by atoms with van der Waals surface area (Å²) < 4.78 is 0. The van der Waals surface area contributed by atoms with Gasteiger partial charge in [-0.05, 0) is 80.9 Å². The molecule has 0 aliphatic carbocycles. The third kappa shape index (κ3) is 9.65. The van der Waals surface area contributed by atoms with Gasteiger partial charge in [0.15, 0.2) is 0 Å². The second kappa shape index (κ2) is 12.3. The first-order valence-corrected chi connectivity index (χ1v) is 10.6. The van der Waals surface area contributed by atoms with Gasteiger partial charge in [0.2, 0.25) is 0 Å². The average Bonchev–Trinajstić information content (AvgIpc) is 2.60. The molecule has 0 spiro atoms. The van der Waals surface area contributed by atoms with Crippen LogP contribution in [0.5, 0.6) is 0 Å². The Bertz CT molecular complexity index is 282. The molecule has 26 heavy (non-hydrogen) atoms. The Labute approximate surface area is 164 Å². The van der Waals surface area contributed by atoms with E-state index in [1.54, 1.807) is 0 Å². The van der Waals surface area contributed by atoms with Crippen molar-refractivity contribution >= 4 is 0 Å². The van der Waals surface area contributed by atoms with Crippen LogP contribution in [0.3, 0.4) is 0 Å². The number of piperazine rings is 2. The fourth-order valence-electron chi connectivity index (χ4n) is 3.52. The first kappa shape index (κ1) is 23.8. The third-order valence-electron chi connectivity index (χ3n) is 6.34. The van der Waals surface area contributed by atoms with E-state index in [2.05, 4.69) is 80.5 Å². The van der Waals surface area contributed by atoms with Crippen molar-refractivity contribution in [1.29, 1.82) is 0 Å². The first-order chi connectivity index (χ1) is 12.2. The summed E-state index contributed by atoms with van der Waals surface area (Å²) in [5.41, 5.74) is 0. The molecular formula is C21H47N5. The highest BCUT2D eigenvalue weighted by atomic mass is 15.3. The van der Waals surface area contributed by atoms with Gasteiger partial charge in [0, 0.05) is 51.4 Å². The first-order valence-electron chi connectivity index (χ1n) is 10.6. The molecule has 5 nitrogen and oxygen atoms in total. The van der Waals surface area contributed by atoms with Crippen LogP contribution < -0.4 is 0 Å². The summed E-state index contributed by atoms with van der Waals surface area (Å²) >= 11 is 0. The van der Waals surface area contributed by atoms with E-state index in [4.69, 9.17) is 0 Å². The lowest BCUT2D eigenvalue weighted by Gasteiger charge is -2.40. The standard InChI is InChI=1S/C8H18N2.C7H15N.C6H14N2/c1-7-5-10(4)8(2)6-9(7)3;2*1-7-3-5-8(2)6-4-7/h7-8H,5-6H2,1-4H3;7H,3-6H2,1-2H3;3-6H2,1-2H3/t7-,8+;;. The fraction of sp³-hybridized carbons (Fsp3) is 1.00. The van der Waals surface area contributed by atoms with E-state index in [0.717, 1.165) is 18.0 Å². The summed E-state index contributed by atoms with van der Waals surface area (Å²) in [6.07, 6.45) is 2.80. The maximum absolute atomic E-state index is 2.42. The third-order valence-corrected chi connectivity index (χ3v) is 6.34. The molecule has 0 unspecified atom stereocenters. The number of likely N-dealkylation sites (N-methyl/N-ethyl adjacent to an activating group) is 4. The predicted molar refractivity (Wildman–Crippen MR) is 115 cm³/mol. The van der Waals surface area contributed by atoms with Crippen molar-refractivity contribution in [3.63, 3.8) is 0 Å². The zero-order valence-corrected chi connectivity index (χ0v) is 19.0. The average molecular weight is 370 g/mol. The van der Waals surface area contributed by atoms with E-state index in [9.17, 15) is 0 Å². The van der Waals surface area contributed by atoms with E-state index in [1.165, 1.54) is 65.2 Å². The molecule has 0 bridgehead atoms. The van der Waals surface area contributed by atoms with Crippen LogP contribution in [0.15, 0.2) is 0 Å². The van der Waals surface area contributed by atoms with Crippen molar-refractivity contribution in [2.24, 2.45) is 5.92 Å². The van der Waals surface area contributed by atoms with Gasteiger partial charge in [-0.25, -0.2) is 0 Å². The van der Waals surface area contributed by atoms with Gasteiger partial charge >= 0.3 is 0 Å². The zero-order valence-electron chi connectivity index (χ0n) is 19.0. The lowest BCUT2D eigenvalue weighted by molar-refractivity contribution is 0.0803. The molecule has 3 saturated heterocycles. The van der Waals surface area contributed by atoms with Gasteiger partial charge < -0.3 is 24.5 Å². The van der Waals surface area contributed by atoms with E-state index < -0.39 is 0 Å². The molecule has 0 aromatic rings. The van der Waals surface area contributed by atoms with E-state index >= 15 is 0 Å². The van der Waals surface area contributed by atoms with Crippen LogP contribution in [0.1, 0.15) is 33.6 Å². The fourth-order valence-corrected chi connectivity index (χ4v) is 3.52. The number of piperidine rings is 1. The van der Waals surface area contributed by atoms with Crippen molar-refractivity contribution in [3.8, 4) is 0 Å². The molecule has 0 amide bonds. The highest BCUT2D eigenvalue weighted by Gasteiger charge is 2.23. The van der Waals surface area contributed by atoms with E-state index in [-0.39, 0.29) is 0 Å². The summed E-state index contributed by atoms with van der Waals surface area (Å²) in [6, 6.07) is 1.45. The normalized spacial score (nSPS) is 30.9. The Morgan fingerprint density at radius 1 is 0.500 bits per heavy atom. The van der Waals surface area contributed by atoms with Gasteiger partial charge in [-0.2, -0.15) is 0 Å². The molecule has 3 heterocycles. The van der Waals surface area contributed by atoms with Gasteiger partial charge in [-0.3, -0.25) is 0 Å². The molecule has 3 aliphatic rings. The number of likely N-dealkylation sites (tertiary alicyclic amines) is 1. The number of nitrogens with zero attached hydrogens (tertiary/aromatic N) is 5. The summed E-state index contributed by atoms with van der Waals surface area (Å²) in [4.78, 5) is 12.0. The second-order valence-corrected chi connectivity index (χ2v) is 9.17. The van der Waals surface area contributed by atoms with Crippen LogP contribution in [-0.2, 0) is 0 Å². The lowest BCUT2D eigenvalue weighted by atomic mass is 10.00. The summed E-state index contributed by atoms with van der Waals surface area (Å²) in [5.74, 6) is 0.978. The molecule has 3 aliphatic heterocycles. The van der Waals surface area contributed by atoms with Gasteiger partial charge in [0.1, 0.15) is 0 Å². The molecule has 0 aromatic carbocycles. The molecule has 3 rings (SSSR count). The summed E-state index contributed by atoms with van der Waals surface area (Å²) in [7, 11) is 11.0. The topological polar surface area (TPSA) is 16.2 Å². The Morgan fingerprint density at radius 2 is 0.808 bits per heavy atom. The Hall–Kier alpha value is -0.200. The maximum Gasteiger partial charge on any atom is 0.0192 e. The minimum absolute atomic E-state index is 0.723. The molecule has 0 saturated carbocycles. The van der Waals surface area contributed by atoms with Gasteiger partial charge in [-0.15, -0.1) is 0 Å². The Kier molecular flexibility index (Phi) is 11.3. The van der Waals surface area contributed by atoms with Crippen molar-refractivity contribution < 1.29 is 0 Å². The summed E-state index contributed by atoms with van der Waals surface area (Å²) in [5, 5.41) is 0. The van der Waals surface area contributed by atoms with Crippen LogP contribution in [0, 0.1) is 5.92 Å². The molecule has 156 valence electrons. The van der Waals surface area contributed by atoms with E-state index in [0.29, 0.717) is 0 Å². The lowest BCUT2D eigenvalue weighted by Crippen LogP contribution is -2.53. The molecule has 2 atom stereocenters. The largest absolute Gasteiger partial charge is 0.306 e. The SMILES string of the molecule is CC1CCN(C)CC1.CN1CCN(C)CC1.C[C@@H]1CN(C)[C@@H](C)CN1C. The summed E-state index contributed by atoms with van der Waals surface area (Å²) in [6.45, 7) is 16.9. The van der Waals surface area contributed by atoms with E-state index in [1.807, 2.05) is 0 Å². The number of hydrogen-bond acceptors (Lipinski definition) is 5. The maximum atomic E-state index is 2.42. The highest BCUT2D eigenvalue weighted by molar-refractivity contribution is 4.80. The second-order valence-electron chi connectivity index (χ2n) is 9.17. The van der Waals surface area contributed by atoms with Crippen LogP contribution >= 0.6 is 0 Å². The Balaban J connectivity index is 0.000000197. The minimum Gasteiger partial charge on any atom is -0.306 e. The van der Waals surface area contributed by atoms with Gasteiger partial charge in [-0.1, -0.05) is 6.92 Å². The van der Waals surface area contributed by atoms with Gasteiger partial charge in [0.05, 0.1) is 0 Å². The number of hydrogen-bond donors (Lipinski definition) is 0. The zero-order chi connectivity index (χ0) is 19.7. The van der Waals surface area contributed by atoms with Crippen molar-refractivity contribution in [2.75, 3.05) is 87.6 Å². The van der Waals surface area contributed by atoms with Crippen LogP contribution in [-0.4, -0.2) is 124 Å². The minimum atomic E-state index is 0.723. The molecule has 0 aromatic heterocycles. The highest BCUT2D eigenvalue weighted by Crippen LogP contribution is 2.13. The molecular weight excluding hydrogens is 322 g/mol. The van der Waals surface area contributed by atoms with Crippen LogP contribution in [0.25, 0.3) is 0 Å². The van der Waals surface area contributed by atoms with Crippen LogP contribution in [0.2, 0.25) is 0 Å². The quantitative estimate of drug-likeness (QED) is 0.646. The monoisotopic (exact) mass is 369 g/mol. The Morgan fingerprint density at radius 3 is 1.12 bits per heavy atom. The van der Waals surface area contributed by atoms with Crippen molar-refractivity contribution in [2.45, 2.75) is 45.7 Å². The number of rotatable bonds is 0. The molecule has 3 fully saturated rings. The van der Waals surface area contributed by atoms with Crippen molar-refractivity contribution in [3.05, 3.63) is 0 Å². The molecule has 0 radical (unpaired) electrons.